The number of nitrogens with zero attached hydrogens (tertiary/aromatic N) is 2. The molecule has 4 heteroatoms. The van der Waals surface area contributed by atoms with Gasteiger partial charge in [-0.1, -0.05) is 17.7 Å². The first-order valence-corrected chi connectivity index (χ1v) is 6.30. The molecule has 4 nitrogen and oxygen atoms in total. The molecular formula is C15H20N4. The number of aryl methyl sites for hydroxylation is 2. The van der Waals surface area contributed by atoms with Gasteiger partial charge >= 0.3 is 0 Å². The second-order valence-electron chi connectivity index (χ2n) is 4.84. The van der Waals surface area contributed by atoms with Crippen molar-refractivity contribution in [2.75, 3.05) is 17.4 Å². The number of rotatable bonds is 4. The molecule has 0 aliphatic carbocycles. The number of nitrogen functional groups attached to an aromatic ring is 1. The molecule has 2 aromatic rings. The van der Waals surface area contributed by atoms with Gasteiger partial charge in [-0.05, 0) is 43.2 Å². The van der Waals surface area contributed by atoms with E-state index < -0.39 is 0 Å². The van der Waals surface area contributed by atoms with Crippen LogP contribution >= 0.6 is 0 Å². The van der Waals surface area contributed by atoms with Gasteiger partial charge in [0.05, 0.1) is 0 Å². The maximum Gasteiger partial charge on any atom is 0.140 e. The van der Waals surface area contributed by atoms with Crippen LogP contribution in [0.4, 0.5) is 11.5 Å². The molecule has 0 saturated carbocycles. The van der Waals surface area contributed by atoms with Crippen LogP contribution < -0.4 is 16.2 Å². The van der Waals surface area contributed by atoms with Crippen LogP contribution in [-0.4, -0.2) is 12.0 Å². The van der Waals surface area contributed by atoms with E-state index in [1.807, 2.05) is 12.1 Å². The van der Waals surface area contributed by atoms with Gasteiger partial charge in [-0.3, -0.25) is 0 Å². The van der Waals surface area contributed by atoms with E-state index >= 15 is 0 Å². The molecule has 0 bridgehead atoms. The van der Waals surface area contributed by atoms with Crippen LogP contribution in [0.2, 0.25) is 0 Å². The molecule has 19 heavy (non-hydrogen) atoms. The molecule has 0 aliphatic rings. The van der Waals surface area contributed by atoms with Gasteiger partial charge < -0.3 is 10.3 Å². The van der Waals surface area contributed by atoms with Crippen molar-refractivity contribution in [3.8, 4) is 0 Å². The van der Waals surface area contributed by atoms with Gasteiger partial charge in [0, 0.05) is 25.5 Å². The van der Waals surface area contributed by atoms with Gasteiger partial charge in [-0.2, -0.15) is 0 Å². The van der Waals surface area contributed by atoms with Crippen molar-refractivity contribution in [2.24, 2.45) is 5.84 Å². The molecule has 0 spiro atoms. The Labute approximate surface area is 114 Å². The molecule has 0 radical (unpaired) electrons. The van der Waals surface area contributed by atoms with Crippen molar-refractivity contribution in [3.63, 3.8) is 0 Å². The smallest absolute Gasteiger partial charge is 0.140 e. The summed E-state index contributed by atoms with van der Waals surface area (Å²) >= 11 is 0. The van der Waals surface area contributed by atoms with E-state index in [9.17, 15) is 0 Å². The van der Waals surface area contributed by atoms with E-state index in [0.717, 1.165) is 6.54 Å². The van der Waals surface area contributed by atoms with E-state index in [1.165, 1.54) is 22.4 Å². The van der Waals surface area contributed by atoms with Gasteiger partial charge in [0.2, 0.25) is 0 Å². The number of anilines is 2. The molecule has 0 atom stereocenters. The third kappa shape index (κ3) is 3.23. The third-order valence-corrected chi connectivity index (χ3v) is 3.16. The zero-order chi connectivity index (χ0) is 13.8. The summed E-state index contributed by atoms with van der Waals surface area (Å²) in [4.78, 5) is 6.34. The van der Waals surface area contributed by atoms with Crippen molar-refractivity contribution >= 4 is 11.5 Å². The summed E-state index contributed by atoms with van der Waals surface area (Å²) < 4.78 is 0. The van der Waals surface area contributed by atoms with E-state index in [-0.39, 0.29) is 0 Å². The van der Waals surface area contributed by atoms with Crippen LogP contribution in [0.25, 0.3) is 0 Å². The molecule has 1 aromatic heterocycles. The van der Waals surface area contributed by atoms with Crippen molar-refractivity contribution in [3.05, 3.63) is 53.2 Å². The Morgan fingerprint density at radius 1 is 1.21 bits per heavy atom. The number of pyridine rings is 1. The quantitative estimate of drug-likeness (QED) is 0.652. The topological polar surface area (TPSA) is 54.2 Å². The predicted molar refractivity (Wildman–Crippen MR) is 80.1 cm³/mol. The second kappa shape index (κ2) is 5.71. The van der Waals surface area contributed by atoms with Crippen molar-refractivity contribution in [1.82, 2.24) is 4.98 Å². The minimum atomic E-state index is 0.687. The first kappa shape index (κ1) is 13.4. The molecule has 100 valence electrons. The van der Waals surface area contributed by atoms with Gasteiger partial charge in [0.25, 0.3) is 0 Å². The van der Waals surface area contributed by atoms with Gasteiger partial charge in [0.15, 0.2) is 0 Å². The van der Waals surface area contributed by atoms with Crippen LogP contribution in [0.3, 0.4) is 0 Å². The lowest BCUT2D eigenvalue weighted by Crippen LogP contribution is -2.18. The highest BCUT2D eigenvalue weighted by molar-refractivity contribution is 5.54. The maximum absolute atomic E-state index is 5.38. The standard InChI is InChI=1S/C15H20N4/c1-11-4-5-14(12(2)8-11)19(3)10-13-6-7-17-15(9-13)18-16/h4-9H,10,16H2,1-3H3,(H,17,18). The number of hydrogen-bond acceptors (Lipinski definition) is 4. The van der Waals surface area contributed by atoms with Crippen LogP contribution in [-0.2, 0) is 6.54 Å². The largest absolute Gasteiger partial charge is 0.370 e. The van der Waals surface area contributed by atoms with Crippen molar-refractivity contribution in [1.29, 1.82) is 0 Å². The zero-order valence-corrected chi connectivity index (χ0v) is 11.6. The highest BCUT2D eigenvalue weighted by Gasteiger charge is 2.06. The van der Waals surface area contributed by atoms with Gasteiger partial charge in [-0.15, -0.1) is 0 Å². The fourth-order valence-corrected chi connectivity index (χ4v) is 2.24. The van der Waals surface area contributed by atoms with Gasteiger partial charge in [0.1, 0.15) is 5.82 Å². The molecular weight excluding hydrogens is 236 g/mol. The highest BCUT2D eigenvalue weighted by atomic mass is 15.2. The van der Waals surface area contributed by atoms with Crippen molar-refractivity contribution < 1.29 is 0 Å². The number of hydrogen-bond donors (Lipinski definition) is 2. The minimum Gasteiger partial charge on any atom is -0.370 e. The lowest BCUT2D eigenvalue weighted by molar-refractivity contribution is 0.913. The maximum atomic E-state index is 5.38. The molecule has 0 saturated heterocycles. The fourth-order valence-electron chi connectivity index (χ4n) is 2.24. The average Bonchev–Trinajstić information content (AvgIpc) is 2.38. The van der Waals surface area contributed by atoms with Crippen LogP contribution in [0, 0.1) is 13.8 Å². The SMILES string of the molecule is Cc1ccc(N(C)Cc2ccnc(NN)c2)c(C)c1. The fraction of sp³-hybridized carbons (Fsp3) is 0.267. The Balaban J connectivity index is 2.17. The lowest BCUT2D eigenvalue weighted by atomic mass is 10.1. The minimum absolute atomic E-state index is 0.687. The van der Waals surface area contributed by atoms with Gasteiger partial charge in [-0.25, -0.2) is 10.8 Å². The summed E-state index contributed by atoms with van der Waals surface area (Å²) in [6.45, 7) is 5.07. The number of aromatic nitrogens is 1. The summed E-state index contributed by atoms with van der Waals surface area (Å²) in [5.74, 6) is 6.06. The Kier molecular flexibility index (Phi) is 4.02. The Hall–Kier alpha value is -2.07. The van der Waals surface area contributed by atoms with Crippen LogP contribution in [0.15, 0.2) is 36.5 Å². The van der Waals surface area contributed by atoms with Crippen LogP contribution in [0.5, 0.6) is 0 Å². The monoisotopic (exact) mass is 256 g/mol. The molecule has 2 rings (SSSR count). The van der Waals surface area contributed by atoms with Crippen molar-refractivity contribution in [2.45, 2.75) is 20.4 Å². The number of nitrogens with one attached hydrogen (secondary N) is 1. The van der Waals surface area contributed by atoms with E-state index in [2.05, 4.69) is 54.4 Å². The summed E-state index contributed by atoms with van der Waals surface area (Å²) in [6, 6.07) is 10.5. The summed E-state index contributed by atoms with van der Waals surface area (Å²) in [7, 11) is 2.09. The van der Waals surface area contributed by atoms with E-state index in [4.69, 9.17) is 5.84 Å². The molecule has 0 amide bonds. The third-order valence-electron chi connectivity index (χ3n) is 3.16. The summed E-state index contributed by atoms with van der Waals surface area (Å²) in [6.07, 6.45) is 1.76. The Morgan fingerprint density at radius 3 is 2.68 bits per heavy atom. The summed E-state index contributed by atoms with van der Waals surface area (Å²) in [5.41, 5.74) is 7.55. The number of nitrogens with two attached hydrogens (primary N) is 1. The molecule has 0 fully saturated rings. The average molecular weight is 256 g/mol. The second-order valence-corrected chi connectivity index (χ2v) is 4.84. The first-order chi connectivity index (χ1) is 9.10. The molecule has 1 aromatic carbocycles. The molecule has 0 unspecified atom stereocenters. The number of benzene rings is 1. The predicted octanol–water partition coefficient (Wildman–Crippen LogP) is 2.62. The molecule has 3 N–H and O–H groups in total. The Morgan fingerprint density at radius 2 is 2.00 bits per heavy atom. The molecule has 1 heterocycles. The Bertz CT molecular complexity index is 566. The first-order valence-electron chi connectivity index (χ1n) is 6.30. The van der Waals surface area contributed by atoms with Crippen LogP contribution in [0.1, 0.15) is 16.7 Å². The highest BCUT2D eigenvalue weighted by Crippen LogP contribution is 2.21. The van der Waals surface area contributed by atoms with E-state index in [1.54, 1.807) is 6.20 Å². The number of hydrazine groups is 1. The zero-order valence-electron chi connectivity index (χ0n) is 11.6. The molecule has 0 aliphatic heterocycles. The normalized spacial score (nSPS) is 10.3. The summed E-state index contributed by atoms with van der Waals surface area (Å²) in [5, 5.41) is 0. The lowest BCUT2D eigenvalue weighted by Gasteiger charge is -2.22. The van der Waals surface area contributed by atoms with E-state index in [0.29, 0.717) is 5.82 Å².